The van der Waals surface area contributed by atoms with Crippen molar-refractivity contribution in [2.75, 3.05) is 13.1 Å². The summed E-state index contributed by atoms with van der Waals surface area (Å²) in [6.45, 7) is 6.88. The number of benzene rings is 1. The highest BCUT2D eigenvalue weighted by atomic mass is 16.2. The third-order valence-electron chi connectivity index (χ3n) is 3.98. The van der Waals surface area contributed by atoms with Crippen LogP contribution in [0, 0.1) is 13.8 Å². The van der Waals surface area contributed by atoms with E-state index < -0.39 is 0 Å². The molecule has 0 radical (unpaired) electrons. The minimum absolute atomic E-state index is 0.0284. The average molecular weight is 325 g/mol. The molecule has 2 aromatic rings. The highest BCUT2D eigenvalue weighted by Crippen LogP contribution is 2.09. The van der Waals surface area contributed by atoms with E-state index >= 15 is 0 Å². The van der Waals surface area contributed by atoms with E-state index in [0.29, 0.717) is 25.2 Å². The molecule has 2 rings (SSSR count). The molecule has 126 valence electrons. The molecule has 0 fully saturated rings. The lowest BCUT2D eigenvalue weighted by Crippen LogP contribution is -2.37. The number of carbonyl (C=O) groups excluding carboxylic acids is 2. The first-order valence-corrected chi connectivity index (χ1v) is 7.97. The Morgan fingerprint density at radius 3 is 2.58 bits per heavy atom. The predicted molar refractivity (Wildman–Crippen MR) is 93.6 cm³/mol. The summed E-state index contributed by atoms with van der Waals surface area (Å²) in [6.07, 6.45) is 3.44. The van der Waals surface area contributed by atoms with Crippen molar-refractivity contribution in [3.05, 3.63) is 65.0 Å². The number of aryl methyl sites for hydroxylation is 2. The molecule has 1 aromatic carbocycles. The molecule has 5 nitrogen and oxygen atoms in total. The molecular weight excluding hydrogens is 302 g/mol. The second-order valence-electron chi connectivity index (χ2n) is 5.86. The van der Waals surface area contributed by atoms with Crippen LogP contribution in [-0.4, -0.2) is 34.8 Å². The first-order valence-electron chi connectivity index (χ1n) is 7.97. The molecule has 1 heterocycles. The Kier molecular flexibility index (Phi) is 6.07. The molecule has 1 N–H and O–H groups in total. The third-order valence-corrected chi connectivity index (χ3v) is 3.98. The maximum Gasteiger partial charge on any atom is 0.251 e. The van der Waals surface area contributed by atoms with Crippen molar-refractivity contribution in [3.63, 3.8) is 0 Å². The molecular formula is C19H23N3O2. The van der Waals surface area contributed by atoms with Gasteiger partial charge < -0.3 is 10.2 Å². The standard InChI is InChI=1S/C19H23N3O2/c1-14-6-7-18(11-15(14)2)19(24)21-9-10-22(16(3)23)13-17-5-4-8-20-12-17/h4-8,11-12H,9-10,13H2,1-3H3,(H,21,24). The first kappa shape index (κ1) is 17.7. The van der Waals surface area contributed by atoms with Crippen LogP contribution in [0.1, 0.15) is 34.0 Å². The predicted octanol–water partition coefficient (Wildman–Crippen LogP) is 2.48. The van der Waals surface area contributed by atoms with Gasteiger partial charge >= 0.3 is 0 Å². The van der Waals surface area contributed by atoms with Gasteiger partial charge in [-0.25, -0.2) is 0 Å². The third kappa shape index (κ3) is 4.91. The molecule has 0 saturated heterocycles. The fourth-order valence-electron chi connectivity index (χ4n) is 2.35. The topological polar surface area (TPSA) is 62.3 Å². The van der Waals surface area contributed by atoms with E-state index in [1.165, 1.54) is 6.92 Å². The Labute approximate surface area is 142 Å². The van der Waals surface area contributed by atoms with Crippen LogP contribution in [0.5, 0.6) is 0 Å². The van der Waals surface area contributed by atoms with Gasteiger partial charge in [0.05, 0.1) is 0 Å². The first-order chi connectivity index (χ1) is 11.5. The van der Waals surface area contributed by atoms with Gasteiger partial charge in [-0.15, -0.1) is 0 Å². The number of nitrogens with zero attached hydrogens (tertiary/aromatic N) is 2. The fraction of sp³-hybridized carbons (Fsp3) is 0.316. The zero-order chi connectivity index (χ0) is 17.5. The van der Waals surface area contributed by atoms with E-state index in [0.717, 1.165) is 16.7 Å². The molecule has 0 aliphatic heterocycles. The van der Waals surface area contributed by atoms with Gasteiger partial charge in [0.2, 0.25) is 5.91 Å². The van der Waals surface area contributed by atoms with Gasteiger partial charge in [0.1, 0.15) is 0 Å². The van der Waals surface area contributed by atoms with E-state index in [1.807, 2.05) is 44.2 Å². The molecule has 5 heteroatoms. The summed E-state index contributed by atoms with van der Waals surface area (Å²) in [5.41, 5.74) is 3.85. The van der Waals surface area contributed by atoms with Crippen molar-refractivity contribution in [2.45, 2.75) is 27.3 Å². The average Bonchev–Trinajstić information content (AvgIpc) is 2.57. The van der Waals surface area contributed by atoms with Gasteiger partial charge in [0, 0.05) is 44.5 Å². The van der Waals surface area contributed by atoms with Crippen LogP contribution in [0.2, 0.25) is 0 Å². The van der Waals surface area contributed by atoms with Gasteiger partial charge in [-0.3, -0.25) is 14.6 Å². The lowest BCUT2D eigenvalue weighted by Gasteiger charge is -2.21. The highest BCUT2D eigenvalue weighted by Gasteiger charge is 2.11. The minimum Gasteiger partial charge on any atom is -0.350 e. The van der Waals surface area contributed by atoms with Crippen molar-refractivity contribution in [1.82, 2.24) is 15.2 Å². The molecule has 0 aliphatic rings. The van der Waals surface area contributed by atoms with E-state index in [4.69, 9.17) is 0 Å². The fourth-order valence-corrected chi connectivity index (χ4v) is 2.35. The molecule has 0 bridgehead atoms. The second-order valence-corrected chi connectivity index (χ2v) is 5.86. The summed E-state index contributed by atoms with van der Waals surface area (Å²) in [4.78, 5) is 29.7. The Bertz CT molecular complexity index is 714. The zero-order valence-corrected chi connectivity index (χ0v) is 14.4. The molecule has 0 unspecified atom stereocenters. The monoisotopic (exact) mass is 325 g/mol. The Balaban J connectivity index is 1.89. The summed E-state index contributed by atoms with van der Waals surface area (Å²) in [5.74, 6) is -0.151. The van der Waals surface area contributed by atoms with Crippen LogP contribution in [0.15, 0.2) is 42.7 Å². The SMILES string of the molecule is CC(=O)N(CCNC(=O)c1ccc(C)c(C)c1)Cc1cccnc1. The molecule has 1 aromatic heterocycles. The second kappa shape index (κ2) is 8.24. The largest absolute Gasteiger partial charge is 0.350 e. The highest BCUT2D eigenvalue weighted by molar-refractivity contribution is 5.94. The van der Waals surface area contributed by atoms with Gasteiger partial charge in [-0.05, 0) is 48.7 Å². The van der Waals surface area contributed by atoms with E-state index in [2.05, 4.69) is 10.3 Å². The van der Waals surface area contributed by atoms with Gasteiger partial charge in [-0.2, -0.15) is 0 Å². The van der Waals surface area contributed by atoms with Crippen LogP contribution in [-0.2, 0) is 11.3 Å². The van der Waals surface area contributed by atoms with Crippen LogP contribution >= 0.6 is 0 Å². The number of amides is 2. The lowest BCUT2D eigenvalue weighted by molar-refractivity contribution is -0.129. The smallest absolute Gasteiger partial charge is 0.251 e. The van der Waals surface area contributed by atoms with Crippen LogP contribution < -0.4 is 5.32 Å². The number of carbonyl (C=O) groups is 2. The van der Waals surface area contributed by atoms with Crippen molar-refractivity contribution in [3.8, 4) is 0 Å². The van der Waals surface area contributed by atoms with Crippen LogP contribution in [0.4, 0.5) is 0 Å². The molecule has 0 aliphatic carbocycles. The van der Waals surface area contributed by atoms with Crippen molar-refractivity contribution >= 4 is 11.8 Å². The Morgan fingerprint density at radius 2 is 1.96 bits per heavy atom. The van der Waals surface area contributed by atoms with E-state index in [1.54, 1.807) is 17.3 Å². The quantitative estimate of drug-likeness (QED) is 0.887. The van der Waals surface area contributed by atoms with Crippen molar-refractivity contribution in [1.29, 1.82) is 0 Å². The van der Waals surface area contributed by atoms with Crippen molar-refractivity contribution in [2.24, 2.45) is 0 Å². The van der Waals surface area contributed by atoms with Gasteiger partial charge in [0.25, 0.3) is 5.91 Å². The van der Waals surface area contributed by atoms with Gasteiger partial charge in [-0.1, -0.05) is 12.1 Å². The number of hydrogen-bond acceptors (Lipinski definition) is 3. The summed E-state index contributed by atoms with van der Waals surface area (Å²) in [7, 11) is 0. The normalized spacial score (nSPS) is 10.3. The lowest BCUT2D eigenvalue weighted by atomic mass is 10.1. The minimum atomic E-state index is -0.122. The Morgan fingerprint density at radius 1 is 1.17 bits per heavy atom. The number of hydrogen-bond donors (Lipinski definition) is 1. The number of aromatic nitrogens is 1. The molecule has 0 spiro atoms. The van der Waals surface area contributed by atoms with E-state index in [9.17, 15) is 9.59 Å². The van der Waals surface area contributed by atoms with Crippen LogP contribution in [0.25, 0.3) is 0 Å². The summed E-state index contributed by atoms with van der Waals surface area (Å²) >= 11 is 0. The summed E-state index contributed by atoms with van der Waals surface area (Å²) in [6, 6.07) is 9.40. The maximum absolute atomic E-state index is 12.2. The van der Waals surface area contributed by atoms with Crippen molar-refractivity contribution < 1.29 is 9.59 Å². The Hall–Kier alpha value is -2.69. The van der Waals surface area contributed by atoms with Crippen LogP contribution in [0.3, 0.4) is 0 Å². The van der Waals surface area contributed by atoms with Gasteiger partial charge in [0.15, 0.2) is 0 Å². The maximum atomic E-state index is 12.2. The summed E-state index contributed by atoms with van der Waals surface area (Å²) < 4.78 is 0. The number of nitrogens with one attached hydrogen (secondary N) is 1. The zero-order valence-electron chi connectivity index (χ0n) is 14.4. The number of rotatable bonds is 6. The molecule has 2 amide bonds. The van der Waals surface area contributed by atoms with E-state index in [-0.39, 0.29) is 11.8 Å². The summed E-state index contributed by atoms with van der Waals surface area (Å²) in [5, 5.41) is 2.87. The number of pyridine rings is 1. The molecule has 0 atom stereocenters. The molecule has 24 heavy (non-hydrogen) atoms. The molecule has 0 saturated carbocycles.